The molecule has 1 atom stereocenters. The normalized spacial score (nSPS) is 22.3. The second kappa shape index (κ2) is 6.13. The molecule has 1 aromatic rings. The molecule has 0 aromatic heterocycles. The van der Waals surface area contributed by atoms with E-state index in [2.05, 4.69) is 10.6 Å². The fraction of sp³-hybridized carbons (Fsp3) is 0.533. The van der Waals surface area contributed by atoms with Gasteiger partial charge in [-0.15, -0.1) is 0 Å². The van der Waals surface area contributed by atoms with Gasteiger partial charge in [-0.1, -0.05) is 12.1 Å². The maximum absolute atomic E-state index is 12.1. The van der Waals surface area contributed by atoms with Crippen LogP contribution < -0.4 is 20.1 Å². The maximum atomic E-state index is 12.1. The van der Waals surface area contributed by atoms with Crippen LogP contribution in [0.15, 0.2) is 24.3 Å². The van der Waals surface area contributed by atoms with Crippen LogP contribution in [0.3, 0.4) is 0 Å². The van der Waals surface area contributed by atoms with Crippen LogP contribution in [0.2, 0.25) is 0 Å². The molecular weight excluding hydrogens is 256 g/mol. The quantitative estimate of drug-likeness (QED) is 0.862. The molecule has 1 amide bonds. The lowest BCUT2D eigenvalue weighted by Gasteiger charge is -2.27. The van der Waals surface area contributed by atoms with Gasteiger partial charge < -0.3 is 20.1 Å². The van der Waals surface area contributed by atoms with Crippen molar-refractivity contribution in [2.75, 3.05) is 26.2 Å². The number of hydrogen-bond donors (Lipinski definition) is 2. The van der Waals surface area contributed by atoms with Crippen LogP contribution in [0.5, 0.6) is 11.5 Å². The summed E-state index contributed by atoms with van der Waals surface area (Å²) in [5.74, 6) is 1.82. The van der Waals surface area contributed by atoms with Gasteiger partial charge in [0.05, 0.1) is 0 Å². The molecule has 2 aliphatic heterocycles. The van der Waals surface area contributed by atoms with Gasteiger partial charge in [-0.2, -0.15) is 0 Å². The van der Waals surface area contributed by atoms with Gasteiger partial charge in [-0.05, 0) is 44.0 Å². The molecule has 5 heteroatoms. The molecule has 108 valence electrons. The lowest BCUT2D eigenvalue weighted by Crippen LogP contribution is -2.46. The zero-order valence-corrected chi connectivity index (χ0v) is 11.4. The Hall–Kier alpha value is -1.75. The predicted molar refractivity (Wildman–Crippen MR) is 75.0 cm³/mol. The number of benzene rings is 1. The molecule has 0 bridgehead atoms. The number of rotatable bonds is 3. The Balaban J connectivity index is 1.51. The zero-order valence-electron chi connectivity index (χ0n) is 11.4. The number of amides is 1. The summed E-state index contributed by atoms with van der Waals surface area (Å²) in [4.78, 5) is 12.1. The van der Waals surface area contributed by atoms with E-state index in [1.165, 1.54) is 0 Å². The second-order valence-corrected chi connectivity index (χ2v) is 5.30. The van der Waals surface area contributed by atoms with E-state index in [0.717, 1.165) is 32.5 Å². The van der Waals surface area contributed by atoms with Crippen LogP contribution in [-0.4, -0.2) is 38.3 Å². The summed E-state index contributed by atoms with van der Waals surface area (Å²) in [6, 6.07) is 7.43. The Bertz CT molecular complexity index is 472. The molecular formula is C15H20N2O3. The topological polar surface area (TPSA) is 59.6 Å². The Kier molecular flexibility index (Phi) is 4.06. The zero-order chi connectivity index (χ0) is 13.8. The molecule has 2 N–H and O–H groups in total. The molecule has 1 aromatic carbocycles. The molecule has 5 nitrogen and oxygen atoms in total. The highest BCUT2D eigenvalue weighted by Gasteiger charge is 2.27. The number of piperidine rings is 1. The van der Waals surface area contributed by atoms with E-state index in [0.29, 0.717) is 17.4 Å². The first-order valence-electron chi connectivity index (χ1n) is 7.20. The Labute approximate surface area is 118 Å². The Morgan fingerprint density at radius 1 is 1.25 bits per heavy atom. The van der Waals surface area contributed by atoms with Gasteiger partial charge in [0, 0.05) is 6.54 Å². The predicted octanol–water partition coefficient (Wildman–Crippen LogP) is 0.942. The molecule has 0 radical (unpaired) electrons. The lowest BCUT2D eigenvalue weighted by molar-refractivity contribution is -0.130. The van der Waals surface area contributed by atoms with E-state index in [9.17, 15) is 4.79 Å². The number of carbonyl (C=O) groups is 1. The minimum atomic E-state index is -0.549. The first-order chi connectivity index (χ1) is 9.83. The first-order valence-corrected chi connectivity index (χ1v) is 7.20. The van der Waals surface area contributed by atoms with Crippen molar-refractivity contribution in [1.82, 2.24) is 10.6 Å². The highest BCUT2D eigenvalue weighted by molar-refractivity contribution is 5.81. The van der Waals surface area contributed by atoms with E-state index in [4.69, 9.17) is 9.47 Å². The minimum absolute atomic E-state index is 0.0852. The summed E-state index contributed by atoms with van der Waals surface area (Å²) in [5, 5.41) is 6.30. The molecule has 20 heavy (non-hydrogen) atoms. The molecule has 0 aliphatic carbocycles. The van der Waals surface area contributed by atoms with Gasteiger partial charge in [-0.3, -0.25) is 4.79 Å². The highest BCUT2D eigenvalue weighted by atomic mass is 16.6. The number of carbonyl (C=O) groups excluding carboxylic acids is 1. The van der Waals surface area contributed by atoms with Crippen molar-refractivity contribution in [3.05, 3.63) is 24.3 Å². The highest BCUT2D eigenvalue weighted by Crippen LogP contribution is 2.30. The maximum Gasteiger partial charge on any atom is 0.264 e. The molecule has 2 heterocycles. The summed E-state index contributed by atoms with van der Waals surface area (Å²) in [5.41, 5.74) is 0. The standard InChI is InChI=1S/C15H20N2O3/c18-15(17-9-11-5-7-16-8-6-11)14-10-19-12-3-1-2-4-13(12)20-14/h1-4,11,14,16H,5-10H2,(H,17,18). The number of hydrogen-bond acceptors (Lipinski definition) is 4. The van der Waals surface area contributed by atoms with E-state index in [1.807, 2.05) is 24.3 Å². The molecule has 2 aliphatic rings. The van der Waals surface area contributed by atoms with Gasteiger partial charge >= 0.3 is 0 Å². The van der Waals surface area contributed by atoms with Crippen molar-refractivity contribution in [1.29, 1.82) is 0 Å². The molecule has 1 unspecified atom stereocenters. The molecule has 3 rings (SSSR count). The molecule has 0 saturated carbocycles. The van der Waals surface area contributed by atoms with Crippen LogP contribution in [0.1, 0.15) is 12.8 Å². The summed E-state index contributed by atoms with van der Waals surface area (Å²) in [7, 11) is 0. The number of nitrogens with one attached hydrogen (secondary N) is 2. The lowest BCUT2D eigenvalue weighted by atomic mass is 9.98. The largest absolute Gasteiger partial charge is 0.485 e. The number of para-hydroxylation sites is 2. The third-order valence-electron chi connectivity index (χ3n) is 3.82. The third kappa shape index (κ3) is 3.04. The summed E-state index contributed by atoms with van der Waals surface area (Å²) >= 11 is 0. The third-order valence-corrected chi connectivity index (χ3v) is 3.82. The van der Waals surface area contributed by atoms with E-state index in [1.54, 1.807) is 0 Å². The summed E-state index contributed by atoms with van der Waals surface area (Å²) in [6.45, 7) is 3.07. The smallest absolute Gasteiger partial charge is 0.264 e. The summed E-state index contributed by atoms with van der Waals surface area (Å²) < 4.78 is 11.2. The average molecular weight is 276 g/mol. The van der Waals surface area contributed by atoms with Gasteiger partial charge in [0.15, 0.2) is 11.5 Å². The SMILES string of the molecule is O=C(NCC1CCNCC1)C1COc2ccccc2O1. The van der Waals surface area contributed by atoms with Crippen molar-refractivity contribution in [2.24, 2.45) is 5.92 Å². The fourth-order valence-electron chi connectivity index (χ4n) is 2.59. The van der Waals surface area contributed by atoms with E-state index >= 15 is 0 Å². The Morgan fingerprint density at radius 3 is 2.80 bits per heavy atom. The van der Waals surface area contributed by atoms with Gasteiger partial charge in [-0.25, -0.2) is 0 Å². The van der Waals surface area contributed by atoms with E-state index < -0.39 is 6.10 Å². The second-order valence-electron chi connectivity index (χ2n) is 5.30. The van der Waals surface area contributed by atoms with Gasteiger partial charge in [0.25, 0.3) is 5.91 Å². The molecule has 0 spiro atoms. The van der Waals surface area contributed by atoms with Gasteiger partial charge in [0.1, 0.15) is 6.61 Å². The van der Waals surface area contributed by atoms with Crippen molar-refractivity contribution >= 4 is 5.91 Å². The average Bonchev–Trinajstić information content (AvgIpc) is 2.53. The molecule has 1 saturated heterocycles. The van der Waals surface area contributed by atoms with Crippen molar-refractivity contribution in [3.8, 4) is 11.5 Å². The minimum Gasteiger partial charge on any atom is -0.485 e. The van der Waals surface area contributed by atoms with E-state index in [-0.39, 0.29) is 12.5 Å². The first kappa shape index (κ1) is 13.2. The Morgan fingerprint density at radius 2 is 2.00 bits per heavy atom. The fourth-order valence-corrected chi connectivity index (χ4v) is 2.59. The van der Waals surface area contributed by atoms with Gasteiger partial charge in [0.2, 0.25) is 6.10 Å². The van der Waals surface area contributed by atoms with Crippen LogP contribution in [0, 0.1) is 5.92 Å². The monoisotopic (exact) mass is 276 g/mol. The van der Waals surface area contributed by atoms with Crippen LogP contribution in [0.25, 0.3) is 0 Å². The van der Waals surface area contributed by atoms with Crippen molar-refractivity contribution in [2.45, 2.75) is 18.9 Å². The van der Waals surface area contributed by atoms with Crippen molar-refractivity contribution in [3.63, 3.8) is 0 Å². The van der Waals surface area contributed by atoms with Crippen LogP contribution in [0.4, 0.5) is 0 Å². The molecule has 1 fully saturated rings. The van der Waals surface area contributed by atoms with Crippen LogP contribution in [-0.2, 0) is 4.79 Å². The summed E-state index contributed by atoms with van der Waals surface area (Å²) in [6.07, 6.45) is 1.68. The van der Waals surface area contributed by atoms with Crippen LogP contribution >= 0.6 is 0 Å². The number of fused-ring (bicyclic) bond motifs is 1. The number of ether oxygens (including phenoxy) is 2. The van der Waals surface area contributed by atoms with Crippen molar-refractivity contribution < 1.29 is 14.3 Å².